The van der Waals surface area contributed by atoms with Crippen LogP contribution < -0.4 is 0 Å². The van der Waals surface area contributed by atoms with Gasteiger partial charge in [0.2, 0.25) is 5.91 Å². The van der Waals surface area contributed by atoms with Gasteiger partial charge in [-0.2, -0.15) is 0 Å². The summed E-state index contributed by atoms with van der Waals surface area (Å²) in [6, 6.07) is 14.7. The van der Waals surface area contributed by atoms with E-state index >= 15 is 0 Å². The number of carbonyl (C=O) groups excluding carboxylic acids is 2. The minimum atomic E-state index is -0.0125. The van der Waals surface area contributed by atoms with E-state index in [0.29, 0.717) is 12.1 Å². The lowest BCUT2D eigenvalue weighted by Gasteiger charge is -2.46. The summed E-state index contributed by atoms with van der Waals surface area (Å²) in [6.07, 6.45) is 7.83. The molecule has 3 fully saturated rings. The van der Waals surface area contributed by atoms with E-state index in [-0.39, 0.29) is 35.4 Å². The summed E-state index contributed by atoms with van der Waals surface area (Å²) in [6.45, 7) is 4.64. The highest BCUT2D eigenvalue weighted by Gasteiger charge is 2.60. The molecule has 31 heavy (non-hydrogen) atoms. The molecule has 0 unspecified atom stereocenters. The van der Waals surface area contributed by atoms with Crippen LogP contribution in [0, 0.1) is 5.41 Å². The second-order valence-electron chi connectivity index (χ2n) is 9.76. The minimum absolute atomic E-state index is 0.0125. The third-order valence-electron chi connectivity index (χ3n) is 7.84. The van der Waals surface area contributed by atoms with Crippen LogP contribution in [0.2, 0.25) is 0 Å². The van der Waals surface area contributed by atoms with Gasteiger partial charge in [-0.05, 0) is 37.0 Å². The Kier molecular flexibility index (Phi) is 5.07. The van der Waals surface area contributed by atoms with Crippen LogP contribution >= 0.6 is 0 Å². The van der Waals surface area contributed by atoms with Crippen molar-refractivity contribution in [2.75, 3.05) is 6.54 Å². The van der Waals surface area contributed by atoms with Crippen LogP contribution in [0.15, 0.2) is 48.7 Å². The number of rotatable bonds is 3. The molecule has 1 aliphatic carbocycles. The maximum atomic E-state index is 13.6. The summed E-state index contributed by atoms with van der Waals surface area (Å²) in [4.78, 5) is 34.9. The molecular formula is C26H31N3O2. The smallest absolute Gasteiger partial charge is 0.255 e. The number of hydrogen-bond donors (Lipinski definition) is 0. The van der Waals surface area contributed by atoms with Crippen molar-refractivity contribution in [3.63, 3.8) is 0 Å². The van der Waals surface area contributed by atoms with Crippen LogP contribution in [0.4, 0.5) is 0 Å². The SMILES string of the molecule is CC(=O)N1[C@@H]2CN(C(=O)c3ccc(Cc4ccccc4)nc3)[C@@H]3CCCC[C@H]1[C@]3(C)C2. The molecule has 2 aromatic rings. The Labute approximate surface area is 184 Å². The van der Waals surface area contributed by atoms with Gasteiger partial charge in [0, 0.05) is 49.3 Å². The Morgan fingerprint density at radius 1 is 1.06 bits per heavy atom. The highest BCUT2D eigenvalue weighted by atomic mass is 16.2. The summed E-state index contributed by atoms with van der Waals surface area (Å²) in [7, 11) is 0. The fourth-order valence-electron chi connectivity index (χ4n) is 6.49. The lowest BCUT2D eigenvalue weighted by Crippen LogP contribution is -2.55. The number of benzene rings is 1. The highest BCUT2D eigenvalue weighted by Crippen LogP contribution is 2.53. The standard InChI is InChI=1S/C26H31N3O2/c1-18(30)29-22-15-26(2)23(10-6-7-11-24(26)29)28(17-22)25(31)20-12-13-21(27-16-20)14-19-8-4-3-5-9-19/h3-5,8-9,12-13,16,22-24H,6-7,10-11,14-15,17H2,1-2H3/t22-,23+,24-,26+/m0/s1. The molecule has 2 saturated heterocycles. The normalized spacial score (nSPS) is 29.5. The lowest BCUT2D eigenvalue weighted by molar-refractivity contribution is -0.132. The quantitative estimate of drug-likeness (QED) is 0.757. The second kappa shape index (κ2) is 7.77. The van der Waals surface area contributed by atoms with Crippen molar-refractivity contribution in [2.45, 2.75) is 70.5 Å². The van der Waals surface area contributed by atoms with Crippen molar-refractivity contribution >= 4 is 11.8 Å². The molecule has 2 amide bonds. The molecule has 0 radical (unpaired) electrons. The number of hydrogen-bond acceptors (Lipinski definition) is 3. The topological polar surface area (TPSA) is 53.5 Å². The summed E-state index contributed by atoms with van der Waals surface area (Å²) in [5.41, 5.74) is 2.81. The highest BCUT2D eigenvalue weighted by molar-refractivity contribution is 5.94. The fourth-order valence-corrected chi connectivity index (χ4v) is 6.49. The van der Waals surface area contributed by atoms with Gasteiger partial charge in [0.25, 0.3) is 5.91 Å². The molecule has 5 nitrogen and oxygen atoms in total. The van der Waals surface area contributed by atoms with Crippen LogP contribution in [0.1, 0.15) is 67.6 Å². The first kappa shape index (κ1) is 20.2. The van der Waals surface area contributed by atoms with Crippen molar-refractivity contribution in [3.05, 3.63) is 65.5 Å². The van der Waals surface area contributed by atoms with Gasteiger partial charge in [-0.3, -0.25) is 14.6 Å². The van der Waals surface area contributed by atoms with E-state index < -0.39 is 0 Å². The van der Waals surface area contributed by atoms with Crippen LogP contribution in [0.25, 0.3) is 0 Å². The molecular weight excluding hydrogens is 386 g/mol. The van der Waals surface area contributed by atoms with E-state index in [4.69, 9.17) is 0 Å². The number of nitrogens with zero attached hydrogens (tertiary/aromatic N) is 3. The number of carbonyl (C=O) groups is 2. The Balaban J connectivity index is 1.40. The molecule has 1 saturated carbocycles. The van der Waals surface area contributed by atoms with Gasteiger partial charge >= 0.3 is 0 Å². The third kappa shape index (κ3) is 3.44. The Morgan fingerprint density at radius 3 is 2.48 bits per heavy atom. The molecule has 4 atom stereocenters. The number of pyridine rings is 1. The van der Waals surface area contributed by atoms with E-state index in [9.17, 15) is 9.59 Å². The number of likely N-dealkylation sites (tertiary alicyclic amines) is 2. The second-order valence-corrected chi connectivity index (χ2v) is 9.76. The van der Waals surface area contributed by atoms with E-state index in [0.717, 1.165) is 44.2 Å². The largest absolute Gasteiger partial charge is 0.335 e. The van der Waals surface area contributed by atoms with Gasteiger partial charge in [-0.1, -0.05) is 50.1 Å². The lowest BCUT2D eigenvalue weighted by atomic mass is 9.71. The average Bonchev–Trinajstić information content (AvgIpc) is 2.88. The number of piperidine rings is 1. The summed E-state index contributed by atoms with van der Waals surface area (Å²) < 4.78 is 0. The van der Waals surface area contributed by atoms with Crippen molar-refractivity contribution in [3.8, 4) is 0 Å². The zero-order valence-electron chi connectivity index (χ0n) is 18.5. The zero-order valence-corrected chi connectivity index (χ0v) is 18.5. The molecule has 1 aromatic carbocycles. The van der Waals surface area contributed by atoms with Gasteiger partial charge in [0.1, 0.15) is 0 Å². The molecule has 5 rings (SSSR count). The molecule has 2 bridgehead atoms. The predicted molar refractivity (Wildman–Crippen MR) is 120 cm³/mol. The predicted octanol–water partition coefficient (Wildman–Crippen LogP) is 4.07. The summed E-state index contributed by atoms with van der Waals surface area (Å²) in [5.74, 6) is 0.214. The van der Waals surface area contributed by atoms with Crippen molar-refractivity contribution < 1.29 is 9.59 Å². The zero-order chi connectivity index (χ0) is 21.6. The van der Waals surface area contributed by atoms with Gasteiger partial charge in [0.15, 0.2) is 0 Å². The van der Waals surface area contributed by atoms with Gasteiger partial charge in [-0.15, -0.1) is 0 Å². The number of aromatic nitrogens is 1. The van der Waals surface area contributed by atoms with Crippen LogP contribution in [-0.2, 0) is 11.2 Å². The Morgan fingerprint density at radius 2 is 1.81 bits per heavy atom. The van der Waals surface area contributed by atoms with Crippen LogP contribution in [0.5, 0.6) is 0 Å². The average molecular weight is 418 g/mol. The molecule has 0 N–H and O–H groups in total. The molecule has 5 heteroatoms. The van der Waals surface area contributed by atoms with Crippen LogP contribution in [0.3, 0.4) is 0 Å². The molecule has 0 spiro atoms. The molecule has 1 aromatic heterocycles. The molecule has 3 aliphatic rings. The maximum absolute atomic E-state index is 13.6. The summed E-state index contributed by atoms with van der Waals surface area (Å²) >= 11 is 0. The van der Waals surface area contributed by atoms with E-state index in [1.54, 1.807) is 13.1 Å². The van der Waals surface area contributed by atoms with Crippen molar-refractivity contribution in [1.82, 2.24) is 14.8 Å². The monoisotopic (exact) mass is 417 g/mol. The summed E-state index contributed by atoms with van der Waals surface area (Å²) in [5, 5.41) is 0. The molecule has 2 aliphatic heterocycles. The first-order valence-corrected chi connectivity index (χ1v) is 11.6. The van der Waals surface area contributed by atoms with E-state index in [2.05, 4.69) is 33.8 Å². The third-order valence-corrected chi connectivity index (χ3v) is 7.84. The Bertz CT molecular complexity index is 974. The van der Waals surface area contributed by atoms with Gasteiger partial charge < -0.3 is 9.80 Å². The molecule has 3 heterocycles. The van der Waals surface area contributed by atoms with Crippen molar-refractivity contribution in [2.24, 2.45) is 5.41 Å². The van der Waals surface area contributed by atoms with Crippen LogP contribution in [-0.4, -0.2) is 51.3 Å². The number of fused-ring (bicyclic) bond motifs is 1. The fraction of sp³-hybridized carbons (Fsp3) is 0.500. The van der Waals surface area contributed by atoms with E-state index in [1.807, 2.05) is 30.3 Å². The van der Waals surface area contributed by atoms with Crippen molar-refractivity contribution in [1.29, 1.82) is 0 Å². The minimum Gasteiger partial charge on any atom is -0.335 e. The van der Waals surface area contributed by atoms with Gasteiger partial charge in [0.05, 0.1) is 11.6 Å². The first-order valence-electron chi connectivity index (χ1n) is 11.6. The molecule has 162 valence electrons. The van der Waals surface area contributed by atoms with E-state index in [1.165, 1.54) is 5.56 Å². The first-order chi connectivity index (χ1) is 15.0. The Hall–Kier alpha value is -2.69. The maximum Gasteiger partial charge on any atom is 0.255 e. The van der Waals surface area contributed by atoms with Gasteiger partial charge in [-0.25, -0.2) is 0 Å². The number of amides is 2.